The topological polar surface area (TPSA) is 46.6 Å². The number of likely N-dealkylation sites (N-methyl/N-ethyl adjacent to an activating group) is 1. The molecule has 160 valence electrons. The summed E-state index contributed by atoms with van der Waals surface area (Å²) in [6.45, 7) is 11.5. The molecule has 0 fully saturated rings. The van der Waals surface area contributed by atoms with Gasteiger partial charge in [0.2, 0.25) is 0 Å². The first-order valence-electron chi connectivity index (χ1n) is 9.97. The van der Waals surface area contributed by atoms with Gasteiger partial charge in [-0.05, 0) is 44.9 Å². The normalized spacial score (nSPS) is 11.9. The monoisotopic (exact) mass is 431 g/mol. The average Bonchev–Trinajstić information content (AvgIpc) is 2.61. The Morgan fingerprint density at radius 1 is 1.11 bits per heavy atom. The minimum Gasteiger partial charge on any atom is -0.444 e. The summed E-state index contributed by atoms with van der Waals surface area (Å²) in [5, 5.41) is 0.888. The Balaban J connectivity index is 0.00000352. The molecule has 28 heavy (non-hydrogen) atoms. The second-order valence-corrected chi connectivity index (χ2v) is 8.34. The Labute approximate surface area is 180 Å². The number of carbonyl (C=O) groups excluding carboxylic acids is 2. The molecule has 0 aliphatic rings. The highest BCUT2D eigenvalue weighted by Crippen LogP contribution is 2.30. The maximum absolute atomic E-state index is 12.9. The highest BCUT2D eigenvalue weighted by Gasteiger charge is 2.26. The van der Waals surface area contributed by atoms with Gasteiger partial charge in [-0.3, -0.25) is 4.79 Å². The number of amides is 1. The number of carbonyl (C=O) groups is 2. The zero-order valence-corrected chi connectivity index (χ0v) is 19.8. The van der Waals surface area contributed by atoms with Gasteiger partial charge >= 0.3 is 6.09 Å². The van der Waals surface area contributed by atoms with Gasteiger partial charge in [-0.2, -0.15) is 0 Å². The molecule has 1 aromatic carbocycles. The fourth-order valence-corrected chi connectivity index (χ4v) is 2.90. The summed E-state index contributed by atoms with van der Waals surface area (Å²) < 4.78 is 5.32. The van der Waals surface area contributed by atoms with Crippen LogP contribution in [0.15, 0.2) is 18.2 Å². The van der Waals surface area contributed by atoms with E-state index in [1.165, 1.54) is 4.90 Å². The highest BCUT2D eigenvalue weighted by molar-refractivity contribution is 6.42. The molecule has 1 amide bonds. The zero-order valence-electron chi connectivity index (χ0n) is 18.3. The van der Waals surface area contributed by atoms with Gasteiger partial charge in [0.25, 0.3) is 0 Å². The van der Waals surface area contributed by atoms with Crippen molar-refractivity contribution in [3.05, 3.63) is 33.8 Å². The summed E-state index contributed by atoms with van der Waals surface area (Å²) in [4.78, 5) is 26.3. The number of ketones is 1. The third-order valence-electron chi connectivity index (χ3n) is 3.93. The molecule has 0 saturated heterocycles. The molecule has 0 N–H and O–H groups in total. The Morgan fingerprint density at radius 3 is 2.21 bits per heavy atom. The van der Waals surface area contributed by atoms with E-state index in [4.69, 9.17) is 27.9 Å². The van der Waals surface area contributed by atoms with Gasteiger partial charge in [0.05, 0.1) is 16.6 Å². The number of unbranched alkanes of at least 4 members (excludes halogenated alkanes) is 2. The number of ether oxygens (including phenoxy) is 1. The number of hydrogen-bond acceptors (Lipinski definition) is 3. The molecule has 0 aliphatic carbocycles. The van der Waals surface area contributed by atoms with Gasteiger partial charge in [0, 0.05) is 13.0 Å². The third-order valence-corrected chi connectivity index (χ3v) is 4.67. The summed E-state index contributed by atoms with van der Waals surface area (Å²) in [5.74, 6) is -0.353. The van der Waals surface area contributed by atoms with Gasteiger partial charge in [0.15, 0.2) is 5.78 Å². The summed E-state index contributed by atoms with van der Waals surface area (Å²) in [6, 6.07) is 5.28. The number of hydrogen-bond donors (Lipinski definition) is 0. The highest BCUT2D eigenvalue weighted by atomic mass is 35.5. The van der Waals surface area contributed by atoms with E-state index in [0.29, 0.717) is 16.5 Å². The number of Topliss-reactive ketones (excluding diaryl/α,β-unsaturated/α-hetero) is 1. The molecule has 0 aromatic heterocycles. The predicted molar refractivity (Wildman–Crippen MR) is 119 cm³/mol. The molecule has 1 unspecified atom stereocenters. The second kappa shape index (κ2) is 13.1. The van der Waals surface area contributed by atoms with Gasteiger partial charge in [-0.25, -0.2) is 4.79 Å². The molecule has 4 nitrogen and oxygen atoms in total. The summed E-state index contributed by atoms with van der Waals surface area (Å²) in [6.07, 6.45) is 3.26. The minimum atomic E-state index is -0.599. The number of benzene rings is 1. The van der Waals surface area contributed by atoms with Crippen molar-refractivity contribution in [1.29, 1.82) is 0 Å². The van der Waals surface area contributed by atoms with Gasteiger partial charge in [-0.15, -0.1) is 0 Å². The van der Waals surface area contributed by atoms with Crippen LogP contribution >= 0.6 is 23.2 Å². The first kappa shape index (κ1) is 26.7. The number of rotatable bonds is 8. The summed E-state index contributed by atoms with van der Waals surface area (Å²) in [7, 11) is 1.57. The van der Waals surface area contributed by atoms with Crippen LogP contribution in [0.4, 0.5) is 4.79 Å². The first-order valence-corrected chi connectivity index (χ1v) is 10.7. The van der Waals surface area contributed by atoms with Crippen molar-refractivity contribution in [1.82, 2.24) is 4.90 Å². The molecule has 1 atom stereocenters. The van der Waals surface area contributed by atoms with Crippen LogP contribution in [0, 0.1) is 0 Å². The van der Waals surface area contributed by atoms with E-state index in [1.54, 1.807) is 40.0 Å². The van der Waals surface area contributed by atoms with Crippen LogP contribution in [0.2, 0.25) is 10.0 Å². The van der Waals surface area contributed by atoms with Crippen molar-refractivity contribution in [3.8, 4) is 0 Å². The lowest BCUT2D eigenvalue weighted by molar-refractivity contribution is -0.121. The van der Waals surface area contributed by atoms with E-state index < -0.39 is 11.7 Å². The van der Waals surface area contributed by atoms with E-state index in [2.05, 4.69) is 6.92 Å². The van der Waals surface area contributed by atoms with Crippen molar-refractivity contribution in [2.24, 2.45) is 0 Å². The molecule has 0 radical (unpaired) electrons. The lowest BCUT2D eigenvalue weighted by Gasteiger charge is -2.25. The molecule has 1 aromatic rings. The standard InChI is InChI=1S/C20H29Cl2NO3.C2H6/c1-6-7-8-9-15(14-10-11-16(21)17(22)12-14)18(24)13-23(5)19(25)26-20(2,3)4;1-2/h10-12,15H,6-9,13H2,1-5H3;1-2H3. The number of halogens is 2. The minimum absolute atomic E-state index is 0.00799. The van der Waals surface area contributed by atoms with E-state index in [-0.39, 0.29) is 18.2 Å². The Hall–Kier alpha value is -1.26. The molecular weight excluding hydrogens is 397 g/mol. The van der Waals surface area contributed by atoms with Crippen LogP contribution in [-0.4, -0.2) is 36.0 Å². The van der Waals surface area contributed by atoms with Crippen LogP contribution in [0.25, 0.3) is 0 Å². The molecule has 6 heteroatoms. The molecule has 1 rings (SSSR count). The van der Waals surface area contributed by atoms with Gasteiger partial charge in [0.1, 0.15) is 5.60 Å². The Bertz CT molecular complexity index is 627. The van der Waals surface area contributed by atoms with E-state index in [0.717, 1.165) is 24.8 Å². The fourth-order valence-electron chi connectivity index (χ4n) is 2.59. The quantitative estimate of drug-likeness (QED) is 0.411. The maximum Gasteiger partial charge on any atom is 0.410 e. The van der Waals surface area contributed by atoms with Crippen LogP contribution in [0.1, 0.15) is 78.7 Å². The van der Waals surface area contributed by atoms with Crippen molar-refractivity contribution in [2.75, 3.05) is 13.6 Å². The van der Waals surface area contributed by atoms with E-state index >= 15 is 0 Å². The summed E-state index contributed by atoms with van der Waals surface area (Å²) in [5.41, 5.74) is 0.233. The fraction of sp³-hybridized carbons (Fsp3) is 0.636. The summed E-state index contributed by atoms with van der Waals surface area (Å²) >= 11 is 12.1. The van der Waals surface area contributed by atoms with Crippen molar-refractivity contribution >= 4 is 35.1 Å². The van der Waals surface area contributed by atoms with Crippen LogP contribution < -0.4 is 0 Å². The predicted octanol–water partition coefficient (Wildman–Crippen LogP) is 7.12. The lowest BCUT2D eigenvalue weighted by atomic mass is 9.89. The average molecular weight is 432 g/mol. The Kier molecular flexibility index (Phi) is 12.5. The largest absolute Gasteiger partial charge is 0.444 e. The van der Waals surface area contributed by atoms with Crippen molar-refractivity contribution in [3.63, 3.8) is 0 Å². The van der Waals surface area contributed by atoms with Crippen LogP contribution in [0.3, 0.4) is 0 Å². The molecule has 0 heterocycles. The van der Waals surface area contributed by atoms with E-state index in [9.17, 15) is 9.59 Å². The van der Waals surface area contributed by atoms with Crippen molar-refractivity contribution < 1.29 is 14.3 Å². The van der Waals surface area contributed by atoms with Crippen molar-refractivity contribution in [2.45, 2.75) is 78.7 Å². The molecular formula is C22H35Cl2NO3. The maximum atomic E-state index is 12.9. The van der Waals surface area contributed by atoms with Crippen LogP contribution in [-0.2, 0) is 9.53 Å². The zero-order chi connectivity index (χ0) is 21.9. The smallest absolute Gasteiger partial charge is 0.410 e. The number of nitrogens with zero attached hydrogens (tertiary/aromatic N) is 1. The molecule has 0 bridgehead atoms. The Morgan fingerprint density at radius 2 is 1.71 bits per heavy atom. The van der Waals surface area contributed by atoms with E-state index in [1.807, 2.05) is 19.9 Å². The van der Waals surface area contributed by atoms with Crippen LogP contribution in [0.5, 0.6) is 0 Å². The lowest BCUT2D eigenvalue weighted by Crippen LogP contribution is -2.38. The van der Waals surface area contributed by atoms with Gasteiger partial charge in [-0.1, -0.05) is 69.3 Å². The first-order chi connectivity index (χ1) is 13.0. The third kappa shape index (κ3) is 9.79. The second-order valence-electron chi connectivity index (χ2n) is 7.52. The molecule has 0 spiro atoms. The molecule has 0 aliphatic heterocycles. The van der Waals surface area contributed by atoms with Gasteiger partial charge < -0.3 is 9.64 Å². The SMILES string of the molecule is CC.CCCCCC(C(=O)CN(C)C(=O)OC(C)(C)C)c1ccc(Cl)c(Cl)c1. The molecule has 0 saturated carbocycles.